The average molecular weight is 446 g/mol. The van der Waals surface area contributed by atoms with Crippen LogP contribution >= 0.6 is 22.9 Å². The van der Waals surface area contributed by atoms with Crippen LogP contribution in [0.4, 0.5) is 0 Å². The van der Waals surface area contributed by atoms with Crippen LogP contribution in [0.2, 0.25) is 5.02 Å². The maximum Gasteiger partial charge on any atom is 0.253 e. The van der Waals surface area contributed by atoms with Crippen molar-refractivity contribution in [3.8, 4) is 0 Å². The van der Waals surface area contributed by atoms with Crippen molar-refractivity contribution in [2.24, 2.45) is 5.92 Å². The highest BCUT2D eigenvalue weighted by Gasteiger charge is 2.28. The van der Waals surface area contributed by atoms with Crippen molar-refractivity contribution < 1.29 is 9.59 Å². The molecule has 5 nitrogen and oxygen atoms in total. The van der Waals surface area contributed by atoms with Crippen molar-refractivity contribution in [2.45, 2.75) is 51.4 Å². The first-order valence-corrected chi connectivity index (χ1v) is 12.1. The Morgan fingerprint density at radius 3 is 2.77 bits per heavy atom. The van der Waals surface area contributed by atoms with Crippen molar-refractivity contribution >= 4 is 34.8 Å². The Kier molecular flexibility index (Phi) is 7.05. The lowest BCUT2D eigenvalue weighted by Crippen LogP contribution is -2.45. The van der Waals surface area contributed by atoms with Crippen LogP contribution in [0.3, 0.4) is 0 Å². The fourth-order valence-corrected chi connectivity index (χ4v) is 5.58. The summed E-state index contributed by atoms with van der Waals surface area (Å²) in [6, 6.07) is 6.93. The molecule has 1 fully saturated rings. The number of piperidine rings is 1. The predicted octanol–water partition coefficient (Wildman–Crippen LogP) is 4.28. The van der Waals surface area contributed by atoms with E-state index in [-0.39, 0.29) is 17.7 Å². The Bertz CT molecular complexity index is 873. The van der Waals surface area contributed by atoms with Crippen LogP contribution in [0.15, 0.2) is 24.3 Å². The first-order chi connectivity index (χ1) is 14.6. The lowest BCUT2D eigenvalue weighted by atomic mass is 9.96. The van der Waals surface area contributed by atoms with E-state index in [2.05, 4.69) is 5.32 Å². The number of likely N-dealkylation sites (tertiary alicyclic amines) is 1. The largest absolute Gasteiger partial charge is 0.356 e. The Labute approximate surface area is 186 Å². The summed E-state index contributed by atoms with van der Waals surface area (Å²) in [5, 5.41) is 4.89. The zero-order valence-electron chi connectivity index (χ0n) is 17.2. The normalized spacial score (nSPS) is 18.7. The monoisotopic (exact) mass is 445 g/mol. The number of thiazole rings is 1. The molecule has 7 heteroatoms. The van der Waals surface area contributed by atoms with Gasteiger partial charge in [0, 0.05) is 41.5 Å². The molecule has 1 atom stereocenters. The van der Waals surface area contributed by atoms with Gasteiger partial charge in [-0.15, -0.1) is 11.3 Å². The quantitative estimate of drug-likeness (QED) is 0.675. The third-order valence-electron chi connectivity index (χ3n) is 5.93. The summed E-state index contributed by atoms with van der Waals surface area (Å²) in [6.07, 6.45) is 8.33. The summed E-state index contributed by atoms with van der Waals surface area (Å²) < 4.78 is 0. The molecular weight excluding hydrogens is 418 g/mol. The fourth-order valence-electron chi connectivity index (χ4n) is 4.26. The Hall–Kier alpha value is -1.92. The minimum absolute atomic E-state index is 0.0306. The summed E-state index contributed by atoms with van der Waals surface area (Å²) in [7, 11) is 0. The van der Waals surface area contributed by atoms with E-state index >= 15 is 0 Å². The third kappa shape index (κ3) is 5.22. The van der Waals surface area contributed by atoms with Crippen molar-refractivity contribution in [1.29, 1.82) is 0 Å². The summed E-state index contributed by atoms with van der Waals surface area (Å²) in [4.78, 5) is 33.4. The Morgan fingerprint density at radius 1 is 1.17 bits per heavy atom. The number of amides is 2. The number of rotatable bonds is 6. The second-order valence-electron chi connectivity index (χ2n) is 8.18. The van der Waals surface area contributed by atoms with Crippen LogP contribution in [0, 0.1) is 5.92 Å². The minimum atomic E-state index is -0.137. The topological polar surface area (TPSA) is 62.3 Å². The van der Waals surface area contributed by atoms with E-state index in [9.17, 15) is 9.59 Å². The van der Waals surface area contributed by atoms with Crippen molar-refractivity contribution in [1.82, 2.24) is 15.2 Å². The Balaban J connectivity index is 1.22. The van der Waals surface area contributed by atoms with Crippen LogP contribution in [-0.2, 0) is 24.1 Å². The second-order valence-corrected chi connectivity index (χ2v) is 9.78. The van der Waals surface area contributed by atoms with Gasteiger partial charge in [0.1, 0.15) is 0 Å². The second kappa shape index (κ2) is 9.92. The van der Waals surface area contributed by atoms with E-state index < -0.39 is 0 Å². The maximum absolute atomic E-state index is 12.7. The first-order valence-electron chi connectivity index (χ1n) is 10.9. The predicted molar refractivity (Wildman–Crippen MR) is 120 cm³/mol. The standard InChI is InChI=1S/C23H28ClN3O2S/c24-18-11-9-16(10-12-18)23(29)27-14-4-5-17(15-27)22(28)25-13-3-8-21-26-19-6-1-2-7-20(19)30-21/h9-12,17H,1-8,13-15H2,(H,25,28). The average Bonchev–Trinajstić information content (AvgIpc) is 3.19. The number of carbonyl (C=O) groups excluding carboxylic acids is 2. The van der Waals surface area contributed by atoms with E-state index in [0.717, 1.165) is 32.1 Å². The van der Waals surface area contributed by atoms with E-state index in [1.807, 2.05) is 11.3 Å². The molecule has 0 saturated carbocycles. The highest BCUT2D eigenvalue weighted by atomic mass is 35.5. The lowest BCUT2D eigenvalue weighted by Gasteiger charge is -2.32. The highest BCUT2D eigenvalue weighted by Crippen LogP contribution is 2.27. The molecule has 160 valence electrons. The first kappa shape index (κ1) is 21.3. The van der Waals surface area contributed by atoms with Crippen LogP contribution in [-0.4, -0.2) is 41.3 Å². The SMILES string of the molecule is O=C(NCCCc1nc2c(s1)CCCC2)C1CCCN(C(=O)c2ccc(Cl)cc2)C1. The van der Waals surface area contributed by atoms with Gasteiger partial charge < -0.3 is 10.2 Å². The van der Waals surface area contributed by atoms with Crippen LogP contribution < -0.4 is 5.32 Å². The molecular formula is C23H28ClN3O2S. The van der Waals surface area contributed by atoms with Crippen LogP contribution in [0.25, 0.3) is 0 Å². The molecule has 4 rings (SSSR count). The molecule has 0 bridgehead atoms. The molecule has 2 aromatic rings. The summed E-state index contributed by atoms with van der Waals surface area (Å²) in [5.74, 6) is -0.110. The number of fused-ring (bicyclic) bond motifs is 1. The zero-order chi connectivity index (χ0) is 20.9. The van der Waals surface area contributed by atoms with Gasteiger partial charge in [-0.05, 0) is 69.2 Å². The molecule has 1 N–H and O–H groups in total. The van der Waals surface area contributed by atoms with Gasteiger partial charge in [0.05, 0.1) is 16.6 Å². The number of halogens is 1. The molecule has 1 aliphatic carbocycles. The molecule has 2 amide bonds. The smallest absolute Gasteiger partial charge is 0.253 e. The molecule has 1 aromatic heterocycles. The molecule has 0 spiro atoms. The van der Waals surface area contributed by atoms with Gasteiger partial charge >= 0.3 is 0 Å². The molecule has 2 aliphatic rings. The molecule has 30 heavy (non-hydrogen) atoms. The van der Waals surface area contributed by atoms with Crippen molar-refractivity contribution in [2.75, 3.05) is 19.6 Å². The van der Waals surface area contributed by atoms with E-state index in [1.54, 1.807) is 29.2 Å². The van der Waals surface area contributed by atoms with E-state index in [4.69, 9.17) is 16.6 Å². The third-order valence-corrected chi connectivity index (χ3v) is 7.40. The number of benzene rings is 1. The van der Waals surface area contributed by atoms with Crippen molar-refractivity contribution in [3.63, 3.8) is 0 Å². The number of aromatic nitrogens is 1. The molecule has 0 radical (unpaired) electrons. The van der Waals surface area contributed by atoms with Gasteiger partial charge in [0.2, 0.25) is 5.91 Å². The van der Waals surface area contributed by atoms with Gasteiger partial charge in [-0.1, -0.05) is 11.6 Å². The Morgan fingerprint density at radius 2 is 1.97 bits per heavy atom. The van der Waals surface area contributed by atoms with Gasteiger partial charge in [0.15, 0.2) is 0 Å². The van der Waals surface area contributed by atoms with E-state index in [0.29, 0.717) is 30.2 Å². The molecule has 2 heterocycles. The van der Waals surface area contributed by atoms with Gasteiger partial charge in [-0.3, -0.25) is 9.59 Å². The van der Waals surface area contributed by atoms with Crippen molar-refractivity contribution in [3.05, 3.63) is 50.4 Å². The summed E-state index contributed by atoms with van der Waals surface area (Å²) >= 11 is 7.76. The number of nitrogens with one attached hydrogen (secondary N) is 1. The molecule has 1 aliphatic heterocycles. The molecule has 1 aromatic carbocycles. The number of nitrogens with zero attached hydrogens (tertiary/aromatic N) is 2. The number of hydrogen-bond acceptors (Lipinski definition) is 4. The van der Waals surface area contributed by atoms with E-state index in [1.165, 1.54) is 34.8 Å². The number of hydrogen-bond donors (Lipinski definition) is 1. The van der Waals surface area contributed by atoms with Gasteiger partial charge in [-0.25, -0.2) is 4.98 Å². The van der Waals surface area contributed by atoms with Gasteiger partial charge in [-0.2, -0.15) is 0 Å². The summed E-state index contributed by atoms with van der Waals surface area (Å²) in [6.45, 7) is 1.83. The number of aryl methyl sites for hydroxylation is 3. The zero-order valence-corrected chi connectivity index (χ0v) is 18.7. The molecule has 1 unspecified atom stereocenters. The molecule has 1 saturated heterocycles. The van der Waals surface area contributed by atoms with Crippen LogP contribution in [0.1, 0.15) is 58.0 Å². The highest BCUT2D eigenvalue weighted by molar-refractivity contribution is 7.11. The van der Waals surface area contributed by atoms with Crippen LogP contribution in [0.5, 0.6) is 0 Å². The van der Waals surface area contributed by atoms with Gasteiger partial charge in [0.25, 0.3) is 5.91 Å². The fraction of sp³-hybridized carbons (Fsp3) is 0.522. The summed E-state index contributed by atoms with van der Waals surface area (Å²) in [5.41, 5.74) is 1.92. The maximum atomic E-state index is 12.7. The number of carbonyl (C=O) groups is 2. The minimum Gasteiger partial charge on any atom is -0.356 e. The lowest BCUT2D eigenvalue weighted by molar-refractivity contribution is -0.126.